The average Bonchev–Trinajstić information content (AvgIpc) is 2.61. The van der Waals surface area contributed by atoms with Crippen LogP contribution in [0.15, 0.2) is 42.5 Å². The number of halogens is 3. The van der Waals surface area contributed by atoms with Gasteiger partial charge in [-0.2, -0.15) is 0 Å². The molecule has 138 valence electrons. The molecule has 8 heteroatoms. The van der Waals surface area contributed by atoms with E-state index in [0.29, 0.717) is 22.4 Å². The number of hydrogen-bond donors (Lipinski definition) is 2. The third kappa shape index (κ3) is 4.38. The summed E-state index contributed by atoms with van der Waals surface area (Å²) in [6.45, 7) is 3.49. The van der Waals surface area contributed by atoms with Gasteiger partial charge in [0.15, 0.2) is 0 Å². The van der Waals surface area contributed by atoms with Gasteiger partial charge in [-0.05, 0) is 43.7 Å². The van der Waals surface area contributed by atoms with Crippen molar-refractivity contribution in [1.29, 1.82) is 0 Å². The molecule has 0 saturated carbocycles. The highest BCUT2D eigenvalue weighted by atomic mass is 35.5. The molecule has 0 spiro atoms. The highest BCUT2D eigenvalue weighted by Gasteiger charge is 2.16. The van der Waals surface area contributed by atoms with Gasteiger partial charge in [0.1, 0.15) is 34.7 Å². The van der Waals surface area contributed by atoms with Gasteiger partial charge in [-0.1, -0.05) is 23.7 Å². The molecule has 0 bridgehead atoms. The molecular weight excluding hydrogens is 374 g/mol. The average molecular weight is 389 g/mol. The molecule has 0 fully saturated rings. The van der Waals surface area contributed by atoms with Crippen molar-refractivity contribution in [3.05, 3.63) is 76.2 Å². The summed E-state index contributed by atoms with van der Waals surface area (Å²) in [5.74, 6) is -1.84. The van der Waals surface area contributed by atoms with E-state index in [4.69, 9.17) is 11.6 Å². The Morgan fingerprint density at radius 1 is 1.04 bits per heavy atom. The molecule has 5 nitrogen and oxygen atoms in total. The molecule has 3 aromatic rings. The van der Waals surface area contributed by atoms with Crippen molar-refractivity contribution < 1.29 is 13.6 Å². The number of nitrogens with zero attached hydrogens (tertiary/aromatic N) is 2. The summed E-state index contributed by atoms with van der Waals surface area (Å²) in [5.41, 5.74) is 1.03. The Kier molecular flexibility index (Phi) is 5.32. The van der Waals surface area contributed by atoms with E-state index in [1.807, 2.05) is 19.1 Å². The van der Waals surface area contributed by atoms with Crippen molar-refractivity contribution in [1.82, 2.24) is 9.97 Å². The summed E-state index contributed by atoms with van der Waals surface area (Å²) in [6.07, 6.45) is 0. The number of hydrogen-bond acceptors (Lipinski definition) is 4. The quantitative estimate of drug-likeness (QED) is 0.658. The van der Waals surface area contributed by atoms with Crippen LogP contribution in [0.2, 0.25) is 5.02 Å². The minimum atomic E-state index is -0.873. The zero-order valence-electron chi connectivity index (χ0n) is 14.5. The van der Waals surface area contributed by atoms with Gasteiger partial charge in [-0.3, -0.25) is 4.79 Å². The zero-order chi connectivity index (χ0) is 19.6. The third-order valence-corrected chi connectivity index (χ3v) is 4.12. The summed E-state index contributed by atoms with van der Waals surface area (Å²) in [4.78, 5) is 20.6. The number of benzene rings is 2. The number of rotatable bonds is 4. The molecule has 1 aromatic heterocycles. The lowest BCUT2D eigenvalue weighted by Crippen LogP contribution is -2.17. The Morgan fingerprint density at radius 2 is 1.74 bits per heavy atom. The number of carbonyl (C=O) groups excluding carboxylic acids is 1. The van der Waals surface area contributed by atoms with Crippen LogP contribution in [-0.2, 0) is 0 Å². The summed E-state index contributed by atoms with van der Waals surface area (Å²) in [6, 6.07) is 10.1. The molecule has 0 unspecified atom stereocenters. The van der Waals surface area contributed by atoms with Gasteiger partial charge < -0.3 is 10.6 Å². The van der Waals surface area contributed by atoms with Crippen LogP contribution in [-0.4, -0.2) is 15.9 Å². The highest BCUT2D eigenvalue weighted by molar-refractivity contribution is 6.31. The molecule has 1 heterocycles. The van der Waals surface area contributed by atoms with Crippen molar-refractivity contribution >= 4 is 34.7 Å². The Labute approximate surface area is 159 Å². The largest absolute Gasteiger partial charge is 0.340 e. The molecule has 27 heavy (non-hydrogen) atoms. The Morgan fingerprint density at radius 3 is 2.41 bits per heavy atom. The normalized spacial score (nSPS) is 10.6. The van der Waals surface area contributed by atoms with Crippen LogP contribution in [0.1, 0.15) is 21.9 Å². The smallest absolute Gasteiger partial charge is 0.274 e. The molecule has 3 rings (SSSR count). The van der Waals surface area contributed by atoms with Crippen LogP contribution in [0.5, 0.6) is 0 Å². The first kappa shape index (κ1) is 18.7. The second-order valence-corrected chi connectivity index (χ2v) is 6.23. The first-order valence-electron chi connectivity index (χ1n) is 7.97. The second-order valence-electron chi connectivity index (χ2n) is 5.83. The standard InChI is InChI=1S/C19H15ClF2N4O/c1-10-6-7-12(8-13(10)20)25-17-9-16(23-11(2)24-17)19(27)26-18-14(21)4-3-5-15(18)22/h3-9H,1-2H3,(H,26,27)(H,23,24,25). The summed E-state index contributed by atoms with van der Waals surface area (Å²) < 4.78 is 27.5. The molecule has 0 aliphatic heterocycles. The lowest BCUT2D eigenvalue weighted by molar-refractivity contribution is 0.102. The molecule has 0 aliphatic rings. The van der Waals surface area contributed by atoms with E-state index in [1.54, 1.807) is 13.0 Å². The number of nitrogens with one attached hydrogen (secondary N) is 2. The minimum absolute atomic E-state index is 0.0362. The predicted molar refractivity (Wildman–Crippen MR) is 101 cm³/mol. The van der Waals surface area contributed by atoms with E-state index < -0.39 is 23.2 Å². The summed E-state index contributed by atoms with van der Waals surface area (Å²) in [5, 5.41) is 5.81. The van der Waals surface area contributed by atoms with Crippen LogP contribution in [0.25, 0.3) is 0 Å². The Hall–Kier alpha value is -3.06. The Bertz CT molecular complexity index is 1010. The van der Waals surface area contributed by atoms with Crippen molar-refractivity contribution in [3.63, 3.8) is 0 Å². The zero-order valence-corrected chi connectivity index (χ0v) is 15.2. The van der Waals surface area contributed by atoms with Crippen molar-refractivity contribution in [2.24, 2.45) is 0 Å². The van der Waals surface area contributed by atoms with Gasteiger partial charge >= 0.3 is 0 Å². The maximum atomic E-state index is 13.7. The first-order chi connectivity index (χ1) is 12.8. The van der Waals surface area contributed by atoms with Crippen LogP contribution in [0.4, 0.5) is 26.0 Å². The van der Waals surface area contributed by atoms with Crippen molar-refractivity contribution in [2.75, 3.05) is 10.6 Å². The van der Waals surface area contributed by atoms with Crippen molar-refractivity contribution in [3.8, 4) is 0 Å². The first-order valence-corrected chi connectivity index (χ1v) is 8.35. The van der Waals surface area contributed by atoms with Crippen LogP contribution >= 0.6 is 11.6 Å². The SMILES string of the molecule is Cc1nc(Nc2ccc(C)c(Cl)c2)cc(C(=O)Nc2c(F)cccc2F)n1. The Balaban J connectivity index is 1.86. The van der Waals surface area contributed by atoms with E-state index in [2.05, 4.69) is 20.6 Å². The van der Waals surface area contributed by atoms with Gasteiger partial charge in [0.2, 0.25) is 0 Å². The molecule has 0 aliphatic carbocycles. The fourth-order valence-electron chi connectivity index (χ4n) is 2.36. The molecule has 2 aromatic carbocycles. The van der Waals surface area contributed by atoms with Gasteiger partial charge in [0, 0.05) is 16.8 Å². The van der Waals surface area contributed by atoms with E-state index in [9.17, 15) is 13.6 Å². The number of carbonyl (C=O) groups is 1. The molecular formula is C19H15ClF2N4O. The number of aromatic nitrogens is 2. The van der Waals surface area contributed by atoms with Crippen molar-refractivity contribution in [2.45, 2.75) is 13.8 Å². The van der Waals surface area contributed by atoms with Crippen LogP contribution in [0.3, 0.4) is 0 Å². The minimum Gasteiger partial charge on any atom is -0.340 e. The lowest BCUT2D eigenvalue weighted by atomic mass is 10.2. The lowest BCUT2D eigenvalue weighted by Gasteiger charge is -2.11. The second kappa shape index (κ2) is 7.67. The highest BCUT2D eigenvalue weighted by Crippen LogP contribution is 2.23. The maximum Gasteiger partial charge on any atom is 0.274 e. The van der Waals surface area contributed by atoms with Gasteiger partial charge in [-0.15, -0.1) is 0 Å². The summed E-state index contributed by atoms with van der Waals surface area (Å²) in [7, 11) is 0. The predicted octanol–water partition coefficient (Wildman–Crippen LogP) is 5.02. The fraction of sp³-hybridized carbons (Fsp3) is 0.105. The molecule has 0 radical (unpaired) electrons. The number of aryl methyl sites for hydroxylation is 2. The van der Waals surface area contributed by atoms with Crippen LogP contribution < -0.4 is 10.6 Å². The molecule has 2 N–H and O–H groups in total. The summed E-state index contributed by atoms with van der Waals surface area (Å²) >= 11 is 6.11. The number of anilines is 3. The number of amides is 1. The number of para-hydroxylation sites is 1. The van der Waals surface area contributed by atoms with E-state index in [-0.39, 0.29) is 5.69 Å². The fourth-order valence-corrected chi connectivity index (χ4v) is 2.54. The van der Waals surface area contributed by atoms with E-state index >= 15 is 0 Å². The molecule has 0 atom stereocenters. The van der Waals surface area contributed by atoms with E-state index in [1.165, 1.54) is 12.1 Å². The van der Waals surface area contributed by atoms with E-state index in [0.717, 1.165) is 17.7 Å². The molecule has 0 saturated heterocycles. The van der Waals surface area contributed by atoms with Crippen LogP contribution in [0, 0.1) is 25.5 Å². The maximum absolute atomic E-state index is 13.7. The third-order valence-electron chi connectivity index (χ3n) is 3.72. The molecule has 1 amide bonds. The van der Waals surface area contributed by atoms with Gasteiger partial charge in [0.05, 0.1) is 0 Å². The van der Waals surface area contributed by atoms with Gasteiger partial charge in [0.25, 0.3) is 5.91 Å². The van der Waals surface area contributed by atoms with Gasteiger partial charge in [-0.25, -0.2) is 18.7 Å². The topological polar surface area (TPSA) is 66.9 Å². The monoisotopic (exact) mass is 388 g/mol.